The van der Waals surface area contributed by atoms with Crippen LogP contribution in [0.5, 0.6) is 0 Å². The molecule has 0 fully saturated rings. The van der Waals surface area contributed by atoms with Gasteiger partial charge in [-0.25, -0.2) is 0 Å². The minimum absolute atomic E-state index is 0.856. The van der Waals surface area contributed by atoms with E-state index in [1.807, 2.05) is 12.1 Å². The molecule has 1 radical (unpaired) electrons. The summed E-state index contributed by atoms with van der Waals surface area (Å²) in [6.45, 7) is 2.25. The molecule has 0 saturated carbocycles. The van der Waals surface area contributed by atoms with E-state index in [2.05, 4.69) is 25.5 Å². The highest BCUT2D eigenvalue weighted by Gasteiger charge is 1.94. The lowest BCUT2D eigenvalue weighted by Crippen LogP contribution is -1.89. The van der Waals surface area contributed by atoms with Crippen molar-refractivity contribution in [3.05, 3.63) is 36.2 Å². The van der Waals surface area contributed by atoms with Gasteiger partial charge in [-0.05, 0) is 43.4 Å². The van der Waals surface area contributed by atoms with Gasteiger partial charge in [0.2, 0.25) is 0 Å². The molecule has 0 atom stereocenters. The van der Waals surface area contributed by atoms with Crippen LogP contribution in [0.15, 0.2) is 24.3 Å². The molecule has 0 saturated heterocycles. The standard InChI is InChI=1S/C15H24N/c1-2-3-4-5-6-7-8-9-14-10-12-15(16)13-11-14/h6,10-13H,2-5,7-9,16H2,1H3. The third-order valence-electron chi connectivity index (χ3n) is 2.87. The van der Waals surface area contributed by atoms with Crippen molar-refractivity contribution in [2.24, 2.45) is 0 Å². The van der Waals surface area contributed by atoms with Gasteiger partial charge in [0, 0.05) is 5.69 Å². The number of benzene rings is 1. The van der Waals surface area contributed by atoms with Crippen LogP contribution in [0.25, 0.3) is 0 Å². The summed E-state index contributed by atoms with van der Waals surface area (Å²) in [5, 5.41) is 0. The first-order valence-corrected chi connectivity index (χ1v) is 6.49. The van der Waals surface area contributed by atoms with E-state index in [0.29, 0.717) is 0 Å². The number of nitrogens with two attached hydrogens (primary N) is 1. The van der Waals surface area contributed by atoms with Gasteiger partial charge in [0.15, 0.2) is 0 Å². The van der Waals surface area contributed by atoms with Crippen molar-refractivity contribution in [1.82, 2.24) is 0 Å². The predicted octanol–water partition coefficient (Wildman–Crippen LogP) is 4.38. The predicted molar refractivity (Wildman–Crippen MR) is 72.2 cm³/mol. The number of nitrogen functional groups attached to an aromatic ring is 1. The summed E-state index contributed by atoms with van der Waals surface area (Å²) < 4.78 is 0. The Morgan fingerprint density at radius 1 is 1.00 bits per heavy atom. The largest absolute Gasteiger partial charge is 0.399 e. The number of rotatable bonds is 8. The summed E-state index contributed by atoms with van der Waals surface area (Å²) in [7, 11) is 0. The number of hydrogen-bond donors (Lipinski definition) is 1. The molecule has 1 rings (SSSR count). The Bertz CT molecular complexity index is 263. The highest BCUT2D eigenvalue weighted by atomic mass is 14.5. The van der Waals surface area contributed by atoms with Crippen LogP contribution in [0.2, 0.25) is 0 Å². The van der Waals surface area contributed by atoms with E-state index in [0.717, 1.165) is 5.69 Å². The molecule has 0 spiro atoms. The zero-order chi connectivity index (χ0) is 11.6. The smallest absolute Gasteiger partial charge is 0.0314 e. The average Bonchev–Trinajstić information content (AvgIpc) is 2.30. The van der Waals surface area contributed by atoms with Gasteiger partial charge in [-0.3, -0.25) is 0 Å². The molecule has 0 amide bonds. The third-order valence-corrected chi connectivity index (χ3v) is 2.87. The Kier molecular flexibility index (Phi) is 6.71. The first-order valence-electron chi connectivity index (χ1n) is 6.49. The van der Waals surface area contributed by atoms with Gasteiger partial charge in [0.1, 0.15) is 0 Å². The number of hydrogen-bond acceptors (Lipinski definition) is 1. The Labute approximate surface area is 100 Å². The molecule has 0 unspecified atom stereocenters. The van der Waals surface area contributed by atoms with E-state index in [9.17, 15) is 0 Å². The first kappa shape index (κ1) is 13.1. The second kappa shape index (κ2) is 8.20. The van der Waals surface area contributed by atoms with E-state index in [-0.39, 0.29) is 0 Å². The first-order chi connectivity index (χ1) is 7.83. The molecule has 2 N–H and O–H groups in total. The average molecular weight is 218 g/mol. The van der Waals surface area contributed by atoms with Crippen molar-refractivity contribution in [3.63, 3.8) is 0 Å². The molecule has 0 aromatic heterocycles. The Morgan fingerprint density at radius 3 is 2.38 bits per heavy atom. The zero-order valence-electron chi connectivity index (χ0n) is 10.4. The van der Waals surface area contributed by atoms with Crippen LogP contribution >= 0.6 is 0 Å². The summed E-state index contributed by atoms with van der Waals surface area (Å²) in [6.07, 6.45) is 11.4. The third kappa shape index (κ3) is 5.79. The van der Waals surface area contributed by atoms with Crippen LogP contribution in [0.3, 0.4) is 0 Å². The molecular formula is C15H24N. The number of anilines is 1. The number of aryl methyl sites for hydroxylation is 1. The Morgan fingerprint density at radius 2 is 1.69 bits per heavy atom. The van der Waals surface area contributed by atoms with Crippen LogP contribution in [-0.2, 0) is 6.42 Å². The van der Waals surface area contributed by atoms with Gasteiger partial charge in [0.05, 0.1) is 0 Å². The zero-order valence-corrected chi connectivity index (χ0v) is 10.4. The van der Waals surface area contributed by atoms with Gasteiger partial charge in [-0.2, -0.15) is 0 Å². The van der Waals surface area contributed by atoms with Gasteiger partial charge in [-0.15, -0.1) is 0 Å². The van der Waals surface area contributed by atoms with E-state index < -0.39 is 0 Å². The van der Waals surface area contributed by atoms with Crippen LogP contribution < -0.4 is 5.73 Å². The van der Waals surface area contributed by atoms with Crippen molar-refractivity contribution in [2.45, 2.75) is 51.9 Å². The molecule has 1 heteroatoms. The minimum Gasteiger partial charge on any atom is -0.399 e. The van der Waals surface area contributed by atoms with Crippen molar-refractivity contribution in [3.8, 4) is 0 Å². The van der Waals surface area contributed by atoms with Crippen molar-refractivity contribution < 1.29 is 0 Å². The number of unbranched alkanes of at least 4 members (excludes halogenated alkanes) is 6. The molecule has 16 heavy (non-hydrogen) atoms. The lowest BCUT2D eigenvalue weighted by molar-refractivity contribution is 0.677. The molecule has 1 aromatic rings. The van der Waals surface area contributed by atoms with Crippen LogP contribution in [0.1, 0.15) is 51.0 Å². The molecule has 0 bridgehead atoms. The van der Waals surface area contributed by atoms with E-state index >= 15 is 0 Å². The van der Waals surface area contributed by atoms with Gasteiger partial charge >= 0.3 is 0 Å². The van der Waals surface area contributed by atoms with Crippen molar-refractivity contribution in [2.75, 3.05) is 5.73 Å². The molecule has 0 aliphatic heterocycles. The van der Waals surface area contributed by atoms with E-state index in [1.54, 1.807) is 0 Å². The van der Waals surface area contributed by atoms with Crippen LogP contribution in [0.4, 0.5) is 5.69 Å². The molecule has 89 valence electrons. The van der Waals surface area contributed by atoms with Crippen molar-refractivity contribution in [1.29, 1.82) is 0 Å². The highest BCUT2D eigenvalue weighted by molar-refractivity contribution is 5.39. The van der Waals surface area contributed by atoms with Gasteiger partial charge in [-0.1, -0.05) is 44.7 Å². The summed E-state index contributed by atoms with van der Waals surface area (Å²) in [6, 6.07) is 8.24. The van der Waals surface area contributed by atoms with Crippen molar-refractivity contribution >= 4 is 5.69 Å². The van der Waals surface area contributed by atoms with E-state index in [1.165, 1.54) is 50.5 Å². The molecule has 0 aliphatic carbocycles. The molecular weight excluding hydrogens is 194 g/mol. The molecule has 0 heterocycles. The fourth-order valence-corrected chi connectivity index (χ4v) is 1.82. The fraction of sp³-hybridized carbons (Fsp3) is 0.533. The quantitative estimate of drug-likeness (QED) is 0.508. The summed E-state index contributed by atoms with van der Waals surface area (Å²) in [5.74, 6) is 0. The maximum Gasteiger partial charge on any atom is 0.0314 e. The fourth-order valence-electron chi connectivity index (χ4n) is 1.82. The Hall–Kier alpha value is -0.980. The minimum atomic E-state index is 0.856. The molecule has 0 aliphatic rings. The second-order valence-electron chi connectivity index (χ2n) is 4.42. The summed E-state index contributed by atoms with van der Waals surface area (Å²) >= 11 is 0. The monoisotopic (exact) mass is 218 g/mol. The lowest BCUT2D eigenvalue weighted by Gasteiger charge is -2.02. The maximum absolute atomic E-state index is 5.64. The van der Waals surface area contributed by atoms with Gasteiger partial charge < -0.3 is 5.73 Å². The lowest BCUT2D eigenvalue weighted by atomic mass is 10.0. The van der Waals surface area contributed by atoms with Crippen LogP contribution in [-0.4, -0.2) is 0 Å². The summed E-state index contributed by atoms with van der Waals surface area (Å²) in [4.78, 5) is 0. The highest BCUT2D eigenvalue weighted by Crippen LogP contribution is 2.11. The normalized spacial score (nSPS) is 10.6. The second-order valence-corrected chi connectivity index (χ2v) is 4.42. The molecule has 1 nitrogen and oxygen atoms in total. The SMILES string of the molecule is CCCCC[CH]CCCc1ccc(N)cc1. The Balaban J connectivity index is 2.01. The van der Waals surface area contributed by atoms with E-state index in [4.69, 9.17) is 5.73 Å². The topological polar surface area (TPSA) is 26.0 Å². The van der Waals surface area contributed by atoms with Gasteiger partial charge in [0.25, 0.3) is 0 Å². The molecule has 1 aromatic carbocycles. The van der Waals surface area contributed by atoms with Crippen LogP contribution in [0, 0.1) is 6.42 Å². The maximum atomic E-state index is 5.64. The summed E-state index contributed by atoms with van der Waals surface area (Å²) in [5.41, 5.74) is 7.90.